The molecule has 0 aromatic heterocycles. The van der Waals surface area contributed by atoms with Gasteiger partial charge in [0.2, 0.25) is 5.91 Å². The van der Waals surface area contributed by atoms with E-state index >= 15 is 0 Å². The summed E-state index contributed by atoms with van der Waals surface area (Å²) in [5.74, 6) is 0.180. The summed E-state index contributed by atoms with van der Waals surface area (Å²) in [6, 6.07) is 30.7. The second-order valence-corrected chi connectivity index (χ2v) is 7.68. The van der Waals surface area contributed by atoms with E-state index in [1.54, 1.807) is 0 Å². The SMILES string of the molecule is CC(C)(Cc1ccccc1)C(=O)N(Cc1ccccc1)Cc1ccccc1. The molecule has 0 bridgehead atoms. The van der Waals surface area contributed by atoms with Crippen molar-refractivity contribution in [3.63, 3.8) is 0 Å². The van der Waals surface area contributed by atoms with Crippen molar-refractivity contribution >= 4 is 5.91 Å². The standard InChI is InChI=1S/C25H27NO/c1-25(2,18-21-12-6-3-7-13-21)24(27)26(19-22-14-8-4-9-15-22)20-23-16-10-5-11-17-23/h3-17H,18-20H2,1-2H3. The number of amides is 1. The summed E-state index contributed by atoms with van der Waals surface area (Å²) in [4.78, 5) is 15.5. The Bertz CT molecular complexity index is 800. The van der Waals surface area contributed by atoms with E-state index in [0.717, 1.165) is 17.5 Å². The lowest BCUT2D eigenvalue weighted by atomic mass is 9.84. The first-order valence-corrected chi connectivity index (χ1v) is 9.46. The molecule has 2 nitrogen and oxygen atoms in total. The van der Waals surface area contributed by atoms with E-state index in [1.807, 2.05) is 73.3 Å². The summed E-state index contributed by atoms with van der Waals surface area (Å²) in [7, 11) is 0. The van der Waals surface area contributed by atoms with Gasteiger partial charge in [0.05, 0.1) is 0 Å². The monoisotopic (exact) mass is 357 g/mol. The zero-order chi connectivity index (χ0) is 19.1. The highest BCUT2D eigenvalue weighted by molar-refractivity contribution is 5.82. The molecule has 0 aliphatic heterocycles. The molecule has 0 radical (unpaired) electrons. The Morgan fingerprint density at radius 1 is 0.667 bits per heavy atom. The number of rotatable bonds is 7. The van der Waals surface area contributed by atoms with Crippen LogP contribution >= 0.6 is 0 Å². The normalized spacial score (nSPS) is 11.2. The van der Waals surface area contributed by atoms with E-state index < -0.39 is 5.41 Å². The predicted octanol–water partition coefficient (Wildman–Crippen LogP) is 5.48. The first-order valence-electron chi connectivity index (χ1n) is 9.46. The Hall–Kier alpha value is -2.87. The molecule has 0 aliphatic carbocycles. The second-order valence-electron chi connectivity index (χ2n) is 7.68. The van der Waals surface area contributed by atoms with Gasteiger partial charge in [0, 0.05) is 18.5 Å². The fourth-order valence-electron chi connectivity index (χ4n) is 3.42. The van der Waals surface area contributed by atoms with Crippen LogP contribution in [0.25, 0.3) is 0 Å². The lowest BCUT2D eigenvalue weighted by Crippen LogP contribution is -2.41. The zero-order valence-electron chi connectivity index (χ0n) is 16.1. The number of nitrogens with zero attached hydrogens (tertiary/aromatic N) is 1. The number of benzene rings is 3. The minimum atomic E-state index is -0.467. The third-order valence-corrected chi connectivity index (χ3v) is 4.79. The summed E-state index contributed by atoms with van der Waals surface area (Å²) < 4.78 is 0. The lowest BCUT2D eigenvalue weighted by Gasteiger charge is -2.32. The van der Waals surface area contributed by atoms with E-state index in [-0.39, 0.29) is 5.91 Å². The fraction of sp³-hybridized carbons (Fsp3) is 0.240. The molecule has 0 unspecified atom stereocenters. The van der Waals surface area contributed by atoms with Crippen LogP contribution < -0.4 is 0 Å². The minimum Gasteiger partial charge on any atom is -0.334 e. The molecule has 0 heterocycles. The van der Waals surface area contributed by atoms with Gasteiger partial charge in [0.25, 0.3) is 0 Å². The summed E-state index contributed by atoms with van der Waals surface area (Å²) in [6.07, 6.45) is 0.729. The van der Waals surface area contributed by atoms with Gasteiger partial charge in [-0.1, -0.05) is 105 Å². The molecule has 0 N–H and O–H groups in total. The van der Waals surface area contributed by atoms with Crippen LogP contribution in [0.1, 0.15) is 30.5 Å². The van der Waals surface area contributed by atoms with Gasteiger partial charge >= 0.3 is 0 Å². The summed E-state index contributed by atoms with van der Waals surface area (Å²) in [6.45, 7) is 5.33. The van der Waals surface area contributed by atoms with Gasteiger partial charge in [-0.25, -0.2) is 0 Å². The highest BCUT2D eigenvalue weighted by atomic mass is 16.2. The quantitative estimate of drug-likeness (QED) is 0.548. The maximum Gasteiger partial charge on any atom is 0.229 e. The molecule has 1 amide bonds. The van der Waals surface area contributed by atoms with E-state index in [0.29, 0.717) is 13.1 Å². The topological polar surface area (TPSA) is 20.3 Å². The molecule has 3 aromatic rings. The van der Waals surface area contributed by atoms with E-state index in [1.165, 1.54) is 5.56 Å². The molecule has 0 aliphatic rings. The molecular weight excluding hydrogens is 330 g/mol. The van der Waals surface area contributed by atoms with Crippen molar-refractivity contribution in [1.29, 1.82) is 0 Å². The first kappa shape index (κ1) is 18.9. The molecule has 0 fully saturated rings. The van der Waals surface area contributed by atoms with Gasteiger partial charge in [-0.05, 0) is 23.1 Å². The van der Waals surface area contributed by atoms with Crippen molar-refractivity contribution in [3.8, 4) is 0 Å². The van der Waals surface area contributed by atoms with Crippen molar-refractivity contribution < 1.29 is 4.79 Å². The molecule has 27 heavy (non-hydrogen) atoms. The van der Waals surface area contributed by atoms with Crippen molar-refractivity contribution in [2.24, 2.45) is 5.41 Å². The summed E-state index contributed by atoms with van der Waals surface area (Å²) >= 11 is 0. The minimum absolute atomic E-state index is 0.180. The van der Waals surface area contributed by atoms with Gasteiger partial charge in [-0.3, -0.25) is 4.79 Å². The highest BCUT2D eigenvalue weighted by Gasteiger charge is 2.32. The van der Waals surface area contributed by atoms with Crippen LogP contribution in [0.3, 0.4) is 0 Å². The number of hydrogen-bond acceptors (Lipinski definition) is 1. The van der Waals surface area contributed by atoms with Gasteiger partial charge in [0.1, 0.15) is 0 Å². The number of carbonyl (C=O) groups excluding carboxylic acids is 1. The van der Waals surface area contributed by atoms with Crippen LogP contribution in [0.15, 0.2) is 91.0 Å². The van der Waals surface area contributed by atoms with Gasteiger partial charge in [-0.2, -0.15) is 0 Å². The molecule has 2 heteroatoms. The van der Waals surface area contributed by atoms with Crippen molar-refractivity contribution in [1.82, 2.24) is 4.90 Å². The van der Waals surface area contributed by atoms with Crippen LogP contribution in [0.2, 0.25) is 0 Å². The Morgan fingerprint density at radius 3 is 1.44 bits per heavy atom. The van der Waals surface area contributed by atoms with Crippen LogP contribution in [-0.2, 0) is 24.3 Å². The zero-order valence-corrected chi connectivity index (χ0v) is 16.1. The summed E-state index contributed by atoms with van der Waals surface area (Å²) in [5.41, 5.74) is 3.02. The van der Waals surface area contributed by atoms with Crippen LogP contribution in [0, 0.1) is 5.41 Å². The van der Waals surface area contributed by atoms with Crippen LogP contribution in [0.5, 0.6) is 0 Å². The fourth-order valence-corrected chi connectivity index (χ4v) is 3.42. The van der Waals surface area contributed by atoms with E-state index in [9.17, 15) is 4.79 Å². The maximum absolute atomic E-state index is 13.5. The Balaban J connectivity index is 1.82. The molecular formula is C25H27NO. The Morgan fingerprint density at radius 2 is 1.04 bits per heavy atom. The van der Waals surface area contributed by atoms with Crippen LogP contribution in [-0.4, -0.2) is 10.8 Å². The highest BCUT2D eigenvalue weighted by Crippen LogP contribution is 2.27. The van der Waals surface area contributed by atoms with E-state index in [2.05, 4.69) is 36.4 Å². The number of hydrogen-bond donors (Lipinski definition) is 0. The third kappa shape index (κ3) is 5.30. The average molecular weight is 357 g/mol. The smallest absolute Gasteiger partial charge is 0.229 e. The number of carbonyl (C=O) groups is 1. The predicted molar refractivity (Wildman–Crippen MR) is 111 cm³/mol. The molecule has 138 valence electrons. The van der Waals surface area contributed by atoms with Gasteiger partial charge in [0.15, 0.2) is 0 Å². The van der Waals surface area contributed by atoms with E-state index in [4.69, 9.17) is 0 Å². The molecule has 3 rings (SSSR count). The molecule has 0 atom stereocenters. The Labute approximate surface area is 162 Å². The van der Waals surface area contributed by atoms with Gasteiger partial charge < -0.3 is 4.90 Å². The average Bonchev–Trinajstić information content (AvgIpc) is 2.69. The molecule has 0 spiro atoms. The molecule has 0 saturated carbocycles. The first-order chi connectivity index (χ1) is 13.0. The van der Waals surface area contributed by atoms with Crippen molar-refractivity contribution in [2.75, 3.05) is 0 Å². The lowest BCUT2D eigenvalue weighted by molar-refractivity contribution is -0.141. The molecule has 0 saturated heterocycles. The van der Waals surface area contributed by atoms with Gasteiger partial charge in [-0.15, -0.1) is 0 Å². The van der Waals surface area contributed by atoms with Crippen molar-refractivity contribution in [2.45, 2.75) is 33.4 Å². The Kier molecular flexibility index (Phi) is 6.08. The third-order valence-electron chi connectivity index (χ3n) is 4.79. The molecule has 3 aromatic carbocycles. The largest absolute Gasteiger partial charge is 0.334 e. The maximum atomic E-state index is 13.5. The summed E-state index contributed by atoms with van der Waals surface area (Å²) in [5, 5.41) is 0. The van der Waals surface area contributed by atoms with Crippen molar-refractivity contribution in [3.05, 3.63) is 108 Å². The van der Waals surface area contributed by atoms with Crippen LogP contribution in [0.4, 0.5) is 0 Å². The second kappa shape index (κ2) is 8.68.